The van der Waals surface area contributed by atoms with Crippen LogP contribution in [-0.4, -0.2) is 65.8 Å². The van der Waals surface area contributed by atoms with E-state index in [4.69, 9.17) is 18.9 Å². The van der Waals surface area contributed by atoms with Crippen LogP contribution in [0, 0.1) is 6.92 Å². The predicted molar refractivity (Wildman–Crippen MR) is 201 cm³/mol. The first-order valence-electron chi connectivity index (χ1n) is 16.5. The molecule has 5 rings (SSSR count). The summed E-state index contributed by atoms with van der Waals surface area (Å²) in [7, 11) is 0. The summed E-state index contributed by atoms with van der Waals surface area (Å²) in [5.41, 5.74) is 2.14. The maximum atomic E-state index is 14.3. The van der Waals surface area contributed by atoms with Crippen LogP contribution >= 0.6 is 35.3 Å². The number of rotatable bonds is 10. The number of thioether (sulfide) groups is 3. The Labute approximate surface area is 310 Å². The number of amides is 1. The minimum atomic E-state index is -1.64. The number of carbonyl (C=O) groups is 5. The number of ether oxygens (including phenoxy) is 4. The summed E-state index contributed by atoms with van der Waals surface area (Å²) in [4.78, 5) is 71.6. The van der Waals surface area contributed by atoms with E-state index in [0.717, 1.165) is 46.4 Å². The summed E-state index contributed by atoms with van der Waals surface area (Å²) in [5, 5.41) is 0. The number of anilines is 1. The van der Waals surface area contributed by atoms with Gasteiger partial charge in [-0.05, 0) is 71.7 Å². The molecule has 268 valence electrons. The molecule has 51 heavy (non-hydrogen) atoms. The number of carbonyl (C=O) groups excluding carboxylic acids is 5. The average Bonchev–Trinajstić information content (AvgIpc) is 3.48. The van der Waals surface area contributed by atoms with E-state index >= 15 is 0 Å². The molecule has 0 radical (unpaired) electrons. The van der Waals surface area contributed by atoms with Crippen LogP contribution in [-0.2, 0) is 42.9 Å². The highest BCUT2D eigenvalue weighted by atomic mass is 32.2. The molecule has 3 aliphatic heterocycles. The lowest BCUT2D eigenvalue weighted by Gasteiger charge is -2.50. The molecule has 13 heteroatoms. The fraction of sp³-hybridized carbons (Fsp3) is 0.342. The third kappa shape index (κ3) is 7.03. The molecule has 0 bridgehead atoms. The maximum absolute atomic E-state index is 14.3. The van der Waals surface area contributed by atoms with Crippen molar-refractivity contribution in [1.82, 2.24) is 0 Å². The standard InChI is InChI=1S/C38H39NO9S3/c1-8-45-33(41)28-29(34(42)46-9-2)49-32-27(38(28)50-30(35(43)47-10-3)31(51-38)36(44)48-11-4)24-19-17-22(5)21-25(24)39(37(32,6)7)26(40)20-18-23-15-13-12-14-16-23/h12-21H,8-11H2,1-7H3/b20-18+. The molecule has 1 spiro atoms. The zero-order valence-electron chi connectivity index (χ0n) is 29.4. The van der Waals surface area contributed by atoms with Crippen molar-refractivity contribution in [2.24, 2.45) is 0 Å². The van der Waals surface area contributed by atoms with Crippen molar-refractivity contribution in [3.8, 4) is 0 Å². The fourth-order valence-corrected chi connectivity index (χ4v) is 11.0. The molecule has 2 aromatic carbocycles. The molecular formula is C38H39NO9S3. The normalized spacial score (nSPS) is 17.4. The van der Waals surface area contributed by atoms with Crippen LogP contribution in [0.25, 0.3) is 11.6 Å². The molecule has 0 fully saturated rings. The van der Waals surface area contributed by atoms with Crippen LogP contribution in [0.1, 0.15) is 58.2 Å². The highest BCUT2D eigenvalue weighted by molar-refractivity contribution is 8.26. The molecule has 0 N–H and O–H groups in total. The molecule has 3 aliphatic rings. The molecule has 0 aromatic heterocycles. The van der Waals surface area contributed by atoms with Gasteiger partial charge in [-0.2, -0.15) is 0 Å². The van der Waals surface area contributed by atoms with Gasteiger partial charge in [-0.3, -0.25) is 9.69 Å². The molecule has 0 atom stereocenters. The second-order valence-corrected chi connectivity index (χ2v) is 15.6. The van der Waals surface area contributed by atoms with Gasteiger partial charge in [-0.15, -0.1) is 0 Å². The Kier molecular flexibility index (Phi) is 11.6. The summed E-state index contributed by atoms with van der Waals surface area (Å²) in [5.74, 6) is -3.48. The second-order valence-electron chi connectivity index (χ2n) is 11.9. The Balaban J connectivity index is 1.84. The lowest BCUT2D eigenvalue weighted by atomic mass is 9.83. The molecule has 10 nitrogen and oxygen atoms in total. The summed E-state index contributed by atoms with van der Waals surface area (Å²) >= 11 is 2.88. The van der Waals surface area contributed by atoms with Crippen LogP contribution in [0.3, 0.4) is 0 Å². The molecule has 2 aromatic rings. The maximum Gasteiger partial charge on any atom is 0.346 e. The van der Waals surface area contributed by atoms with E-state index in [1.807, 2.05) is 69.3 Å². The Morgan fingerprint density at radius 3 is 1.80 bits per heavy atom. The highest BCUT2D eigenvalue weighted by Gasteiger charge is 2.61. The highest BCUT2D eigenvalue weighted by Crippen LogP contribution is 2.71. The molecule has 0 saturated carbocycles. The van der Waals surface area contributed by atoms with Gasteiger partial charge in [0.25, 0.3) is 5.91 Å². The molecule has 3 heterocycles. The zero-order chi connectivity index (χ0) is 37.1. The number of esters is 4. The van der Waals surface area contributed by atoms with Crippen molar-refractivity contribution in [2.75, 3.05) is 31.3 Å². The van der Waals surface area contributed by atoms with Crippen LogP contribution in [0.15, 0.2) is 79.8 Å². The van der Waals surface area contributed by atoms with Gasteiger partial charge < -0.3 is 18.9 Å². The van der Waals surface area contributed by atoms with E-state index in [9.17, 15) is 24.0 Å². The van der Waals surface area contributed by atoms with E-state index in [2.05, 4.69) is 0 Å². The number of nitrogens with zero attached hydrogens (tertiary/aromatic N) is 1. The Hall–Kier alpha value is -4.20. The minimum Gasteiger partial charge on any atom is -0.463 e. The van der Waals surface area contributed by atoms with Crippen LogP contribution in [0.5, 0.6) is 0 Å². The van der Waals surface area contributed by atoms with E-state index in [0.29, 0.717) is 21.7 Å². The first-order chi connectivity index (χ1) is 24.4. The number of benzene rings is 2. The van der Waals surface area contributed by atoms with E-state index in [1.54, 1.807) is 38.7 Å². The number of hydrogen-bond donors (Lipinski definition) is 0. The first-order valence-corrected chi connectivity index (χ1v) is 19.0. The summed E-state index contributed by atoms with van der Waals surface area (Å²) in [6.45, 7) is 12.3. The van der Waals surface area contributed by atoms with Gasteiger partial charge in [-0.25, -0.2) is 19.2 Å². The van der Waals surface area contributed by atoms with E-state index in [-0.39, 0.29) is 52.6 Å². The smallest absolute Gasteiger partial charge is 0.346 e. The number of fused-ring (bicyclic) bond motifs is 3. The van der Waals surface area contributed by atoms with Gasteiger partial charge in [0, 0.05) is 22.1 Å². The third-order valence-electron chi connectivity index (χ3n) is 8.09. The van der Waals surface area contributed by atoms with E-state index < -0.39 is 33.5 Å². The quantitative estimate of drug-likeness (QED) is 0.139. The van der Waals surface area contributed by atoms with Gasteiger partial charge in [0.1, 0.15) is 18.8 Å². The summed E-state index contributed by atoms with van der Waals surface area (Å²) < 4.78 is 20.3. The van der Waals surface area contributed by atoms with Gasteiger partial charge in [0.15, 0.2) is 0 Å². The predicted octanol–water partition coefficient (Wildman–Crippen LogP) is 7.19. The minimum absolute atomic E-state index is 0.0129. The third-order valence-corrected chi connectivity index (χ3v) is 12.7. The number of aryl methyl sites for hydroxylation is 1. The topological polar surface area (TPSA) is 126 Å². The Morgan fingerprint density at radius 2 is 1.25 bits per heavy atom. The lowest BCUT2D eigenvalue weighted by molar-refractivity contribution is -0.141. The molecule has 0 saturated heterocycles. The van der Waals surface area contributed by atoms with Crippen LogP contribution in [0.4, 0.5) is 5.69 Å². The van der Waals surface area contributed by atoms with Crippen molar-refractivity contribution in [3.05, 3.63) is 96.5 Å². The monoisotopic (exact) mass is 749 g/mol. The number of hydrogen-bond acceptors (Lipinski definition) is 12. The van der Waals surface area contributed by atoms with Gasteiger partial charge in [-0.1, -0.05) is 77.8 Å². The first kappa shape index (κ1) is 38.0. The second kappa shape index (κ2) is 15.6. The van der Waals surface area contributed by atoms with Crippen molar-refractivity contribution in [1.29, 1.82) is 0 Å². The fourth-order valence-electron chi connectivity index (χ4n) is 6.04. The van der Waals surface area contributed by atoms with Crippen molar-refractivity contribution < 1.29 is 42.9 Å². The summed E-state index contributed by atoms with van der Waals surface area (Å²) in [6, 6.07) is 15.1. The average molecular weight is 750 g/mol. The Bertz CT molecular complexity index is 1880. The van der Waals surface area contributed by atoms with Crippen molar-refractivity contribution >= 4 is 82.4 Å². The zero-order valence-corrected chi connectivity index (χ0v) is 31.9. The SMILES string of the molecule is CCOC(=O)C1=C(C(=O)OCC)SC2(S1)C(C(=O)OCC)=C(C(=O)OCC)SC1=C2c2ccc(C)cc2N(C(=O)/C=C/c2ccccc2)C1(C)C. The Morgan fingerprint density at radius 1 is 0.725 bits per heavy atom. The van der Waals surface area contributed by atoms with Crippen molar-refractivity contribution in [2.45, 2.75) is 58.1 Å². The van der Waals surface area contributed by atoms with Gasteiger partial charge >= 0.3 is 23.9 Å². The van der Waals surface area contributed by atoms with E-state index in [1.165, 1.54) is 6.08 Å². The lowest BCUT2D eigenvalue weighted by Crippen LogP contribution is -2.53. The molecule has 0 aliphatic carbocycles. The van der Waals surface area contributed by atoms with Gasteiger partial charge in [0.05, 0.1) is 43.2 Å². The van der Waals surface area contributed by atoms with Crippen LogP contribution in [0.2, 0.25) is 0 Å². The summed E-state index contributed by atoms with van der Waals surface area (Å²) in [6.07, 6.45) is 3.24. The molecule has 1 amide bonds. The molecule has 0 unspecified atom stereocenters. The van der Waals surface area contributed by atoms with Gasteiger partial charge in [0.2, 0.25) is 0 Å². The largest absolute Gasteiger partial charge is 0.463 e. The van der Waals surface area contributed by atoms with Crippen molar-refractivity contribution in [3.63, 3.8) is 0 Å². The van der Waals surface area contributed by atoms with Crippen LogP contribution < -0.4 is 4.90 Å². The molecular weight excluding hydrogens is 711 g/mol.